The van der Waals surface area contributed by atoms with Crippen LogP contribution in [0.3, 0.4) is 0 Å². The maximum atomic E-state index is 12.2. The van der Waals surface area contributed by atoms with Crippen LogP contribution in [0.5, 0.6) is 0 Å². The number of nitrogens with one attached hydrogen (secondary N) is 2. The molecule has 1 saturated carbocycles. The van der Waals surface area contributed by atoms with Gasteiger partial charge in [-0.3, -0.25) is 4.79 Å². The first-order valence-electron chi connectivity index (χ1n) is 8.11. The first kappa shape index (κ1) is 16.3. The van der Waals surface area contributed by atoms with Crippen molar-refractivity contribution in [2.24, 2.45) is 5.92 Å². The summed E-state index contributed by atoms with van der Waals surface area (Å²) in [6.45, 7) is 0. The van der Waals surface area contributed by atoms with Crippen molar-refractivity contribution in [3.05, 3.63) is 33.8 Å². The van der Waals surface area contributed by atoms with Gasteiger partial charge >= 0.3 is 12.0 Å². The highest BCUT2D eigenvalue weighted by Crippen LogP contribution is 2.35. The molecule has 2 aliphatic carbocycles. The molecule has 1 atom stereocenters. The number of carboxylic acids is 1. The lowest BCUT2D eigenvalue weighted by molar-refractivity contribution is -0.142. The number of aliphatic carboxylic acids is 1. The molecule has 124 valence electrons. The third-order valence-electron chi connectivity index (χ3n) is 4.93. The van der Waals surface area contributed by atoms with Crippen molar-refractivity contribution in [3.8, 4) is 0 Å². The molecule has 0 aliphatic heterocycles. The third kappa shape index (κ3) is 3.68. The molecular weight excluding hydrogens is 360 g/mol. The Hall–Kier alpha value is -1.56. The lowest BCUT2D eigenvalue weighted by Gasteiger charge is -2.27. The van der Waals surface area contributed by atoms with Crippen molar-refractivity contribution in [3.63, 3.8) is 0 Å². The third-order valence-corrected chi connectivity index (χ3v) is 5.67. The lowest BCUT2D eigenvalue weighted by atomic mass is 9.86. The fraction of sp³-hybridized carbons (Fsp3) is 0.529. The summed E-state index contributed by atoms with van der Waals surface area (Å²) in [5, 5.41) is 15.1. The summed E-state index contributed by atoms with van der Waals surface area (Å²) >= 11 is 3.56. The zero-order valence-corrected chi connectivity index (χ0v) is 14.4. The molecule has 1 fully saturated rings. The quantitative estimate of drug-likeness (QED) is 0.751. The molecule has 0 heterocycles. The van der Waals surface area contributed by atoms with E-state index in [0.717, 1.165) is 30.2 Å². The number of rotatable bonds is 3. The molecular formula is C17H21BrN2O3. The number of fused-ring (bicyclic) bond motifs is 1. The summed E-state index contributed by atoms with van der Waals surface area (Å²) in [4.78, 5) is 23.2. The van der Waals surface area contributed by atoms with Gasteiger partial charge in [0.05, 0.1) is 12.0 Å². The van der Waals surface area contributed by atoms with Crippen LogP contribution in [0.15, 0.2) is 22.7 Å². The van der Waals surface area contributed by atoms with Gasteiger partial charge in [0.25, 0.3) is 0 Å². The number of carbonyl (C=O) groups is 2. The first-order valence-corrected chi connectivity index (χ1v) is 8.91. The van der Waals surface area contributed by atoms with Crippen molar-refractivity contribution in [1.82, 2.24) is 10.6 Å². The molecule has 23 heavy (non-hydrogen) atoms. The van der Waals surface area contributed by atoms with E-state index in [1.165, 1.54) is 11.1 Å². The molecule has 0 saturated heterocycles. The predicted octanol–water partition coefficient (Wildman–Crippen LogP) is 3.38. The normalized spacial score (nSPS) is 26.4. The number of carboxylic acid groups (broad SMARTS) is 1. The topological polar surface area (TPSA) is 78.4 Å². The van der Waals surface area contributed by atoms with Gasteiger partial charge in [0.2, 0.25) is 0 Å². The van der Waals surface area contributed by atoms with Crippen LogP contribution in [-0.4, -0.2) is 23.1 Å². The van der Waals surface area contributed by atoms with E-state index in [2.05, 4.69) is 32.6 Å². The molecule has 0 spiro atoms. The van der Waals surface area contributed by atoms with Crippen LogP contribution >= 0.6 is 15.9 Å². The molecule has 3 N–H and O–H groups in total. The van der Waals surface area contributed by atoms with Crippen molar-refractivity contribution < 1.29 is 14.7 Å². The van der Waals surface area contributed by atoms with Gasteiger partial charge in [-0.05, 0) is 55.7 Å². The number of urea groups is 1. The molecule has 1 aromatic carbocycles. The van der Waals surface area contributed by atoms with E-state index in [4.69, 9.17) is 5.11 Å². The van der Waals surface area contributed by atoms with Gasteiger partial charge in [0.1, 0.15) is 0 Å². The summed E-state index contributed by atoms with van der Waals surface area (Å²) in [5.41, 5.74) is 2.46. The molecule has 1 aromatic rings. The highest BCUT2D eigenvalue weighted by atomic mass is 79.9. The van der Waals surface area contributed by atoms with Crippen molar-refractivity contribution in [2.75, 3.05) is 0 Å². The molecule has 2 aliphatic rings. The number of amides is 2. The second-order valence-corrected chi connectivity index (χ2v) is 7.26. The molecule has 3 rings (SSSR count). The van der Waals surface area contributed by atoms with E-state index in [9.17, 15) is 9.59 Å². The largest absolute Gasteiger partial charge is 0.481 e. The molecule has 1 unspecified atom stereocenters. The van der Waals surface area contributed by atoms with Crippen LogP contribution in [0.25, 0.3) is 0 Å². The van der Waals surface area contributed by atoms with Crippen LogP contribution in [0, 0.1) is 5.92 Å². The molecule has 2 amide bonds. The number of hydrogen-bond acceptors (Lipinski definition) is 2. The van der Waals surface area contributed by atoms with Gasteiger partial charge in [-0.2, -0.15) is 0 Å². The molecule has 5 nitrogen and oxygen atoms in total. The number of hydrogen-bond donors (Lipinski definition) is 3. The van der Waals surface area contributed by atoms with E-state index < -0.39 is 5.97 Å². The summed E-state index contributed by atoms with van der Waals surface area (Å²) in [5.74, 6) is -0.976. The van der Waals surface area contributed by atoms with E-state index in [-0.39, 0.29) is 24.0 Å². The standard InChI is InChI=1S/C17H21BrN2O3/c18-14-3-1-2-13-12(14)8-9-15(13)20-17(23)19-11-6-4-10(5-7-11)16(21)22/h1-3,10-11,15H,4-9H2,(H,21,22)(H2,19,20,23). The van der Waals surface area contributed by atoms with Crippen LogP contribution < -0.4 is 10.6 Å². The number of carbonyl (C=O) groups excluding carboxylic acids is 1. The smallest absolute Gasteiger partial charge is 0.315 e. The fourth-order valence-corrected chi connectivity index (χ4v) is 4.21. The van der Waals surface area contributed by atoms with Crippen LogP contribution in [0.1, 0.15) is 49.3 Å². The predicted molar refractivity (Wildman–Crippen MR) is 90.3 cm³/mol. The zero-order chi connectivity index (χ0) is 16.4. The maximum absolute atomic E-state index is 12.2. The highest BCUT2D eigenvalue weighted by Gasteiger charge is 2.29. The van der Waals surface area contributed by atoms with E-state index >= 15 is 0 Å². The molecule has 6 heteroatoms. The Morgan fingerprint density at radius 2 is 1.83 bits per heavy atom. The molecule has 0 bridgehead atoms. The Morgan fingerprint density at radius 1 is 1.09 bits per heavy atom. The van der Waals surface area contributed by atoms with Gasteiger partial charge in [-0.25, -0.2) is 4.79 Å². The summed E-state index contributed by atoms with van der Waals surface area (Å²) in [6.07, 6.45) is 4.62. The minimum Gasteiger partial charge on any atom is -0.481 e. The number of halogens is 1. The van der Waals surface area contributed by atoms with Crippen LogP contribution in [-0.2, 0) is 11.2 Å². The summed E-state index contributed by atoms with van der Waals surface area (Å²) < 4.78 is 1.10. The summed E-state index contributed by atoms with van der Waals surface area (Å²) in [6, 6.07) is 6.07. The van der Waals surface area contributed by atoms with Crippen molar-refractivity contribution in [1.29, 1.82) is 0 Å². The highest BCUT2D eigenvalue weighted by molar-refractivity contribution is 9.10. The van der Waals surface area contributed by atoms with Gasteiger partial charge in [-0.15, -0.1) is 0 Å². The monoisotopic (exact) mass is 380 g/mol. The van der Waals surface area contributed by atoms with Gasteiger partial charge < -0.3 is 15.7 Å². The molecule has 0 radical (unpaired) electrons. The Kier molecular flexibility index (Phi) is 4.90. The lowest BCUT2D eigenvalue weighted by Crippen LogP contribution is -2.45. The Morgan fingerprint density at radius 3 is 2.52 bits per heavy atom. The van der Waals surface area contributed by atoms with E-state index in [1.54, 1.807) is 0 Å². The Bertz CT molecular complexity index is 612. The average molecular weight is 381 g/mol. The SMILES string of the molecule is O=C(NC1CCC(C(=O)O)CC1)NC1CCc2c(Br)cccc21. The zero-order valence-electron chi connectivity index (χ0n) is 12.8. The van der Waals surface area contributed by atoms with Crippen molar-refractivity contribution in [2.45, 2.75) is 50.6 Å². The molecule has 0 aromatic heterocycles. The Balaban J connectivity index is 1.52. The van der Waals surface area contributed by atoms with Crippen LogP contribution in [0.4, 0.5) is 4.79 Å². The fourth-order valence-electron chi connectivity index (χ4n) is 3.63. The van der Waals surface area contributed by atoms with E-state index in [0.29, 0.717) is 12.8 Å². The second-order valence-electron chi connectivity index (χ2n) is 6.40. The van der Waals surface area contributed by atoms with Crippen LogP contribution in [0.2, 0.25) is 0 Å². The maximum Gasteiger partial charge on any atom is 0.315 e. The summed E-state index contributed by atoms with van der Waals surface area (Å²) in [7, 11) is 0. The first-order chi connectivity index (χ1) is 11.0. The second kappa shape index (κ2) is 6.91. The average Bonchev–Trinajstić information content (AvgIpc) is 2.92. The van der Waals surface area contributed by atoms with Gasteiger partial charge in [0, 0.05) is 10.5 Å². The minimum absolute atomic E-state index is 0.0536. The van der Waals surface area contributed by atoms with Gasteiger partial charge in [0.15, 0.2) is 0 Å². The number of benzene rings is 1. The van der Waals surface area contributed by atoms with Crippen molar-refractivity contribution >= 4 is 27.9 Å². The Labute approximate surface area is 144 Å². The van der Waals surface area contributed by atoms with E-state index in [1.807, 2.05) is 12.1 Å². The minimum atomic E-state index is -0.721. The van der Waals surface area contributed by atoms with Gasteiger partial charge in [-0.1, -0.05) is 28.1 Å².